The van der Waals surface area contributed by atoms with Crippen molar-refractivity contribution in [3.63, 3.8) is 0 Å². The Hall–Kier alpha value is -0.570. The molecule has 58 valence electrons. The van der Waals surface area contributed by atoms with Crippen molar-refractivity contribution in [2.45, 2.75) is 33.0 Å². The second-order valence-electron chi connectivity index (χ2n) is 2.69. The van der Waals surface area contributed by atoms with Crippen molar-refractivity contribution in [3.05, 3.63) is 0 Å². The minimum absolute atomic E-state index is 0.00921. The van der Waals surface area contributed by atoms with Crippen molar-refractivity contribution in [1.82, 2.24) is 10.2 Å². The first-order chi connectivity index (χ1) is 4.66. The number of rotatable bonds is 1. The van der Waals surface area contributed by atoms with E-state index in [-0.39, 0.29) is 18.1 Å². The minimum Gasteiger partial charge on any atom is -0.326 e. The van der Waals surface area contributed by atoms with E-state index in [1.165, 1.54) is 0 Å². The lowest BCUT2D eigenvalue weighted by Crippen LogP contribution is -2.34. The Kier molecular flexibility index (Phi) is 1.94. The normalized spacial score (nSPS) is 33.5. The first kappa shape index (κ1) is 7.54. The second-order valence-corrected chi connectivity index (χ2v) is 2.69. The number of likely N-dealkylation sites (N-methyl/N-ethyl adjacent to an activating group) is 1. The van der Waals surface area contributed by atoms with E-state index in [2.05, 4.69) is 5.32 Å². The largest absolute Gasteiger partial charge is 0.326 e. The summed E-state index contributed by atoms with van der Waals surface area (Å²) in [5, 5.41) is 3.14. The summed E-state index contributed by atoms with van der Waals surface area (Å²) in [6, 6.07) is 0.00921. The van der Waals surface area contributed by atoms with E-state index in [0.29, 0.717) is 0 Å². The summed E-state index contributed by atoms with van der Waals surface area (Å²) < 4.78 is 0. The zero-order valence-corrected chi connectivity index (χ0v) is 6.72. The smallest absolute Gasteiger partial charge is 0.240 e. The quantitative estimate of drug-likeness (QED) is 0.566. The van der Waals surface area contributed by atoms with Crippen LogP contribution >= 0.6 is 0 Å². The first-order valence-electron chi connectivity index (χ1n) is 3.73. The van der Waals surface area contributed by atoms with Gasteiger partial charge in [0.25, 0.3) is 0 Å². The fourth-order valence-electron chi connectivity index (χ4n) is 1.39. The summed E-state index contributed by atoms with van der Waals surface area (Å²) in [6.45, 7) is 6.70. The fraction of sp³-hybridized carbons (Fsp3) is 0.857. The summed E-state index contributed by atoms with van der Waals surface area (Å²) in [5.41, 5.74) is 0. The molecule has 2 atom stereocenters. The Balaban J connectivity index is 2.64. The van der Waals surface area contributed by atoms with Crippen LogP contribution in [0.4, 0.5) is 0 Å². The summed E-state index contributed by atoms with van der Waals surface area (Å²) >= 11 is 0. The maximum absolute atomic E-state index is 11.2. The van der Waals surface area contributed by atoms with Gasteiger partial charge < -0.3 is 4.90 Å². The molecule has 3 nitrogen and oxygen atoms in total. The van der Waals surface area contributed by atoms with Crippen LogP contribution in [0.25, 0.3) is 0 Å². The SMILES string of the molecule is CCN1C(=O)C(C)N[C@@H]1C. The van der Waals surface area contributed by atoms with Gasteiger partial charge in [-0.1, -0.05) is 0 Å². The van der Waals surface area contributed by atoms with Crippen molar-refractivity contribution in [2.24, 2.45) is 0 Å². The number of nitrogens with zero attached hydrogens (tertiary/aromatic N) is 1. The van der Waals surface area contributed by atoms with Crippen molar-refractivity contribution in [3.8, 4) is 0 Å². The molecule has 0 aromatic heterocycles. The number of carbonyl (C=O) groups is 1. The third-order valence-electron chi connectivity index (χ3n) is 1.95. The molecule has 0 bridgehead atoms. The molecule has 10 heavy (non-hydrogen) atoms. The molecule has 0 aliphatic carbocycles. The van der Waals surface area contributed by atoms with Crippen LogP contribution in [0, 0.1) is 0 Å². The third-order valence-corrected chi connectivity index (χ3v) is 1.95. The number of carbonyl (C=O) groups excluding carboxylic acids is 1. The molecule has 3 heteroatoms. The molecule has 1 unspecified atom stereocenters. The molecule has 1 aliphatic rings. The van der Waals surface area contributed by atoms with E-state index in [1.54, 1.807) is 0 Å². The van der Waals surface area contributed by atoms with E-state index < -0.39 is 0 Å². The number of amides is 1. The van der Waals surface area contributed by atoms with Gasteiger partial charge in [0.2, 0.25) is 5.91 Å². The van der Waals surface area contributed by atoms with Gasteiger partial charge in [0.05, 0.1) is 12.2 Å². The zero-order valence-electron chi connectivity index (χ0n) is 6.72. The van der Waals surface area contributed by atoms with Gasteiger partial charge in [0.15, 0.2) is 0 Å². The van der Waals surface area contributed by atoms with Crippen LogP contribution in [0.5, 0.6) is 0 Å². The molecule has 0 spiro atoms. The molecule has 1 fully saturated rings. The summed E-state index contributed by atoms with van der Waals surface area (Å²) in [4.78, 5) is 13.0. The molecule has 0 saturated carbocycles. The predicted molar refractivity (Wildman–Crippen MR) is 39.4 cm³/mol. The molecular formula is C7H14N2O. The molecule has 0 aromatic rings. The molecule has 1 aliphatic heterocycles. The highest BCUT2D eigenvalue weighted by Gasteiger charge is 2.31. The highest BCUT2D eigenvalue weighted by molar-refractivity contribution is 5.83. The minimum atomic E-state index is 0.00921. The molecule has 0 radical (unpaired) electrons. The first-order valence-corrected chi connectivity index (χ1v) is 3.73. The van der Waals surface area contributed by atoms with Gasteiger partial charge in [0, 0.05) is 6.54 Å². The Labute approximate surface area is 61.4 Å². The monoisotopic (exact) mass is 142 g/mol. The third kappa shape index (κ3) is 1.01. The number of hydrogen-bond donors (Lipinski definition) is 1. The lowest BCUT2D eigenvalue weighted by atomic mass is 10.3. The molecule has 0 aromatic carbocycles. The summed E-state index contributed by atoms with van der Waals surface area (Å²) in [6.07, 6.45) is 0.215. The maximum Gasteiger partial charge on any atom is 0.240 e. The second kappa shape index (κ2) is 2.58. The average molecular weight is 142 g/mol. The molecule has 1 heterocycles. The van der Waals surface area contributed by atoms with Gasteiger partial charge in [-0.05, 0) is 20.8 Å². The van der Waals surface area contributed by atoms with Gasteiger partial charge in [-0.3, -0.25) is 10.1 Å². The Morgan fingerprint density at radius 1 is 1.60 bits per heavy atom. The van der Waals surface area contributed by atoms with Crippen LogP contribution in [0.2, 0.25) is 0 Å². The predicted octanol–water partition coefficient (Wildman–Crippen LogP) is 0.173. The van der Waals surface area contributed by atoms with E-state index in [9.17, 15) is 4.79 Å². The van der Waals surface area contributed by atoms with E-state index >= 15 is 0 Å². The standard InChI is InChI=1S/C7H14N2O/c1-4-9-6(3)8-5(2)7(9)10/h5-6,8H,4H2,1-3H3/t5?,6-/m0/s1. The zero-order chi connectivity index (χ0) is 7.72. The molecule has 1 saturated heterocycles. The Bertz CT molecular complexity index is 147. The van der Waals surface area contributed by atoms with E-state index in [0.717, 1.165) is 6.54 Å². The van der Waals surface area contributed by atoms with Gasteiger partial charge in [0.1, 0.15) is 0 Å². The summed E-state index contributed by atoms with van der Waals surface area (Å²) in [7, 11) is 0. The highest BCUT2D eigenvalue weighted by Crippen LogP contribution is 2.08. The van der Waals surface area contributed by atoms with Gasteiger partial charge >= 0.3 is 0 Å². The van der Waals surface area contributed by atoms with E-state index in [4.69, 9.17) is 0 Å². The van der Waals surface area contributed by atoms with Crippen LogP contribution in [0.3, 0.4) is 0 Å². The molecule has 1 rings (SSSR count). The Morgan fingerprint density at radius 2 is 2.20 bits per heavy atom. The van der Waals surface area contributed by atoms with Gasteiger partial charge in [-0.2, -0.15) is 0 Å². The van der Waals surface area contributed by atoms with Crippen molar-refractivity contribution >= 4 is 5.91 Å². The summed E-state index contributed by atoms with van der Waals surface area (Å²) in [5.74, 6) is 0.218. The number of nitrogens with one attached hydrogen (secondary N) is 1. The van der Waals surface area contributed by atoms with Gasteiger partial charge in [-0.25, -0.2) is 0 Å². The number of hydrogen-bond acceptors (Lipinski definition) is 2. The average Bonchev–Trinajstić information content (AvgIpc) is 2.09. The van der Waals surface area contributed by atoms with Gasteiger partial charge in [-0.15, -0.1) is 0 Å². The van der Waals surface area contributed by atoms with Crippen molar-refractivity contribution < 1.29 is 4.79 Å². The Morgan fingerprint density at radius 3 is 2.40 bits per heavy atom. The van der Waals surface area contributed by atoms with Crippen LogP contribution in [-0.2, 0) is 4.79 Å². The highest BCUT2D eigenvalue weighted by atomic mass is 16.2. The molecule has 1 amide bonds. The van der Waals surface area contributed by atoms with Crippen LogP contribution in [0.15, 0.2) is 0 Å². The molecule has 1 N–H and O–H groups in total. The van der Waals surface area contributed by atoms with Crippen LogP contribution in [0.1, 0.15) is 20.8 Å². The van der Waals surface area contributed by atoms with Crippen LogP contribution in [-0.4, -0.2) is 29.6 Å². The lowest BCUT2D eigenvalue weighted by Gasteiger charge is -2.17. The lowest BCUT2D eigenvalue weighted by molar-refractivity contribution is -0.129. The van der Waals surface area contributed by atoms with Crippen molar-refractivity contribution in [2.75, 3.05) is 6.54 Å². The van der Waals surface area contributed by atoms with E-state index in [1.807, 2.05) is 25.7 Å². The fourth-order valence-corrected chi connectivity index (χ4v) is 1.39. The van der Waals surface area contributed by atoms with Crippen LogP contribution < -0.4 is 5.32 Å². The van der Waals surface area contributed by atoms with Crippen molar-refractivity contribution in [1.29, 1.82) is 0 Å². The topological polar surface area (TPSA) is 32.3 Å². The maximum atomic E-state index is 11.2. The molecular weight excluding hydrogens is 128 g/mol.